The third-order valence-electron chi connectivity index (χ3n) is 3.64. The van der Waals surface area contributed by atoms with Crippen LogP contribution in [0.1, 0.15) is 23.2 Å². The predicted molar refractivity (Wildman–Crippen MR) is 70.9 cm³/mol. The van der Waals surface area contributed by atoms with Crippen LogP contribution in [0.25, 0.3) is 0 Å². The number of halogens is 4. The number of carbonyl (C=O) groups is 1. The van der Waals surface area contributed by atoms with Gasteiger partial charge >= 0.3 is 12.1 Å². The van der Waals surface area contributed by atoms with Crippen molar-refractivity contribution in [1.82, 2.24) is 4.31 Å². The van der Waals surface area contributed by atoms with Gasteiger partial charge in [-0.2, -0.15) is 17.5 Å². The monoisotopic (exact) mass is 355 g/mol. The lowest BCUT2D eigenvalue weighted by molar-refractivity contribution is -0.182. The Morgan fingerprint density at radius 2 is 1.96 bits per heavy atom. The molecule has 5 nitrogen and oxygen atoms in total. The molecule has 2 rings (SSSR count). The average Bonchev–Trinajstić information content (AvgIpc) is 2.46. The Balaban J connectivity index is 2.38. The maximum atomic E-state index is 13.8. The summed E-state index contributed by atoms with van der Waals surface area (Å²) in [5.41, 5.74) is -0.464. The molecule has 1 aliphatic rings. The van der Waals surface area contributed by atoms with Crippen molar-refractivity contribution >= 4 is 16.0 Å². The fourth-order valence-corrected chi connectivity index (χ4v) is 4.02. The molecule has 0 amide bonds. The average molecular weight is 355 g/mol. The number of rotatable bonds is 3. The van der Waals surface area contributed by atoms with E-state index in [1.54, 1.807) is 0 Å². The summed E-state index contributed by atoms with van der Waals surface area (Å²) in [6.07, 6.45) is -4.76. The Morgan fingerprint density at radius 3 is 2.52 bits per heavy atom. The molecular weight excluding hydrogens is 342 g/mol. The minimum absolute atomic E-state index is 0.0103. The van der Waals surface area contributed by atoms with Crippen LogP contribution in [0, 0.1) is 11.7 Å². The summed E-state index contributed by atoms with van der Waals surface area (Å²) in [4.78, 5) is 9.94. The molecule has 0 bridgehead atoms. The van der Waals surface area contributed by atoms with Gasteiger partial charge < -0.3 is 5.11 Å². The summed E-state index contributed by atoms with van der Waals surface area (Å²) in [5.74, 6) is -4.49. The number of alkyl halides is 3. The van der Waals surface area contributed by atoms with Crippen LogP contribution in [0.3, 0.4) is 0 Å². The van der Waals surface area contributed by atoms with Crippen molar-refractivity contribution in [3.63, 3.8) is 0 Å². The quantitative estimate of drug-likeness (QED) is 0.846. The molecule has 0 aliphatic carbocycles. The molecule has 1 heterocycles. The first-order valence-corrected chi connectivity index (χ1v) is 8.07. The van der Waals surface area contributed by atoms with Crippen molar-refractivity contribution in [2.45, 2.75) is 23.9 Å². The zero-order chi connectivity index (χ0) is 17.4. The van der Waals surface area contributed by atoms with E-state index in [1.807, 2.05) is 0 Å². The highest BCUT2D eigenvalue weighted by Crippen LogP contribution is 2.35. The van der Waals surface area contributed by atoms with Gasteiger partial charge in [-0.1, -0.05) is 0 Å². The van der Waals surface area contributed by atoms with Crippen molar-refractivity contribution in [2.24, 2.45) is 5.92 Å². The molecule has 23 heavy (non-hydrogen) atoms. The van der Waals surface area contributed by atoms with E-state index in [0.717, 1.165) is 6.07 Å². The SMILES string of the molecule is O=C(O)c1ccc(F)c(S(=O)(=O)N2CCC[C@@H](C(F)(F)F)C2)c1. The summed E-state index contributed by atoms with van der Waals surface area (Å²) in [6.45, 7) is -0.978. The highest BCUT2D eigenvalue weighted by molar-refractivity contribution is 7.89. The highest BCUT2D eigenvalue weighted by Gasteiger charge is 2.44. The van der Waals surface area contributed by atoms with E-state index >= 15 is 0 Å². The number of hydrogen-bond donors (Lipinski definition) is 1. The summed E-state index contributed by atoms with van der Waals surface area (Å²) in [5, 5.41) is 8.85. The number of hydrogen-bond acceptors (Lipinski definition) is 3. The van der Waals surface area contributed by atoms with Gasteiger partial charge in [0.05, 0.1) is 11.5 Å². The molecule has 1 atom stereocenters. The minimum atomic E-state index is -4.55. The Morgan fingerprint density at radius 1 is 1.30 bits per heavy atom. The lowest BCUT2D eigenvalue weighted by Crippen LogP contribution is -2.44. The van der Waals surface area contributed by atoms with E-state index in [4.69, 9.17) is 5.11 Å². The number of aromatic carboxylic acids is 1. The Kier molecular flexibility index (Phi) is 4.67. The molecule has 0 radical (unpaired) electrons. The van der Waals surface area contributed by atoms with Crippen molar-refractivity contribution in [3.8, 4) is 0 Å². The van der Waals surface area contributed by atoms with Crippen LogP contribution in [0.2, 0.25) is 0 Å². The maximum Gasteiger partial charge on any atom is 0.393 e. The number of piperidine rings is 1. The molecule has 0 spiro atoms. The number of nitrogens with zero attached hydrogens (tertiary/aromatic N) is 1. The molecule has 0 aromatic heterocycles. The zero-order valence-corrected chi connectivity index (χ0v) is 12.5. The second kappa shape index (κ2) is 6.08. The Labute approximate surface area is 129 Å². The number of carboxylic acids is 1. The smallest absolute Gasteiger partial charge is 0.393 e. The molecule has 0 saturated carbocycles. The van der Waals surface area contributed by atoms with Crippen LogP contribution < -0.4 is 0 Å². The van der Waals surface area contributed by atoms with Crippen LogP contribution in [0.4, 0.5) is 17.6 Å². The Hall–Kier alpha value is -1.68. The first-order valence-electron chi connectivity index (χ1n) is 6.63. The second-order valence-electron chi connectivity index (χ2n) is 5.19. The topological polar surface area (TPSA) is 74.7 Å². The van der Waals surface area contributed by atoms with Gasteiger partial charge in [0.25, 0.3) is 0 Å². The van der Waals surface area contributed by atoms with Gasteiger partial charge in [-0.15, -0.1) is 0 Å². The van der Waals surface area contributed by atoms with Gasteiger partial charge in [0.1, 0.15) is 10.7 Å². The molecular formula is C13H13F4NO4S. The molecule has 1 aliphatic heterocycles. The van der Waals surface area contributed by atoms with Gasteiger partial charge in [-0.05, 0) is 31.0 Å². The fourth-order valence-electron chi connectivity index (χ4n) is 2.40. The standard InChI is InChI=1S/C13H13F4NO4S/c14-10-4-3-8(12(19)20)6-11(10)23(21,22)18-5-1-2-9(7-18)13(15,16)17/h3-4,6,9H,1-2,5,7H2,(H,19,20)/t9-/m1/s1. The predicted octanol–water partition coefficient (Wildman–Crippen LogP) is 2.49. The summed E-state index contributed by atoms with van der Waals surface area (Å²) >= 11 is 0. The maximum absolute atomic E-state index is 13.8. The lowest BCUT2D eigenvalue weighted by Gasteiger charge is -2.32. The van der Waals surface area contributed by atoms with Gasteiger partial charge in [0.15, 0.2) is 0 Å². The molecule has 128 valence electrons. The Bertz CT molecular complexity index is 717. The van der Waals surface area contributed by atoms with Crippen molar-refractivity contribution < 1.29 is 35.9 Å². The molecule has 10 heteroatoms. The first kappa shape index (κ1) is 17.7. The van der Waals surface area contributed by atoms with E-state index < -0.39 is 50.9 Å². The van der Waals surface area contributed by atoms with Crippen molar-refractivity contribution in [3.05, 3.63) is 29.6 Å². The third kappa shape index (κ3) is 3.63. The highest BCUT2D eigenvalue weighted by atomic mass is 32.2. The number of carboxylic acid groups (broad SMARTS) is 1. The fraction of sp³-hybridized carbons (Fsp3) is 0.462. The first-order chi connectivity index (χ1) is 10.5. The van der Waals surface area contributed by atoms with Gasteiger partial charge in [-0.25, -0.2) is 17.6 Å². The van der Waals surface area contributed by atoms with E-state index in [0.29, 0.717) is 16.4 Å². The molecule has 1 aromatic carbocycles. The van der Waals surface area contributed by atoms with E-state index in [2.05, 4.69) is 0 Å². The summed E-state index contributed by atoms with van der Waals surface area (Å²) in [7, 11) is -4.55. The van der Waals surface area contributed by atoms with Gasteiger partial charge in [-0.3, -0.25) is 0 Å². The third-order valence-corrected chi connectivity index (χ3v) is 5.52. The van der Waals surface area contributed by atoms with Gasteiger partial charge in [0.2, 0.25) is 10.0 Å². The van der Waals surface area contributed by atoms with Crippen LogP contribution >= 0.6 is 0 Å². The van der Waals surface area contributed by atoms with Crippen molar-refractivity contribution in [2.75, 3.05) is 13.1 Å². The molecule has 1 N–H and O–H groups in total. The molecule has 1 aromatic rings. The van der Waals surface area contributed by atoms with Crippen LogP contribution in [0.5, 0.6) is 0 Å². The normalized spacial score (nSPS) is 20.4. The second-order valence-corrected chi connectivity index (χ2v) is 7.10. The lowest BCUT2D eigenvalue weighted by atomic mass is 9.99. The summed E-state index contributed by atoms with van der Waals surface area (Å²) in [6, 6.07) is 2.16. The minimum Gasteiger partial charge on any atom is -0.478 e. The van der Waals surface area contributed by atoms with Crippen molar-refractivity contribution in [1.29, 1.82) is 0 Å². The van der Waals surface area contributed by atoms with E-state index in [9.17, 15) is 30.8 Å². The number of benzene rings is 1. The van der Waals surface area contributed by atoms with Gasteiger partial charge in [0, 0.05) is 13.1 Å². The molecule has 1 saturated heterocycles. The molecule has 0 unspecified atom stereocenters. The largest absolute Gasteiger partial charge is 0.478 e. The zero-order valence-electron chi connectivity index (χ0n) is 11.7. The van der Waals surface area contributed by atoms with E-state index in [-0.39, 0.29) is 19.4 Å². The van der Waals surface area contributed by atoms with E-state index in [1.165, 1.54) is 0 Å². The van der Waals surface area contributed by atoms with Crippen LogP contribution in [-0.4, -0.2) is 43.1 Å². The van der Waals surface area contributed by atoms with Crippen LogP contribution in [0.15, 0.2) is 23.1 Å². The number of sulfonamides is 1. The summed E-state index contributed by atoms with van der Waals surface area (Å²) < 4.78 is 77.5. The molecule has 1 fully saturated rings. The van der Waals surface area contributed by atoms with Crippen LogP contribution in [-0.2, 0) is 10.0 Å².